The smallest absolute Gasteiger partial charge is 0.274 e. The molecular weight excluding hydrogens is 348 g/mol. The third-order valence-electron chi connectivity index (χ3n) is 4.32. The summed E-state index contributed by atoms with van der Waals surface area (Å²) >= 11 is 7.97. The number of nitrogens with zero attached hydrogens (tertiary/aromatic N) is 4. The van der Waals surface area contributed by atoms with Crippen LogP contribution in [0.1, 0.15) is 20.9 Å². The quantitative estimate of drug-likeness (QED) is 0.817. The van der Waals surface area contributed by atoms with Crippen LogP contribution in [0, 0.1) is 0 Å². The van der Waals surface area contributed by atoms with Gasteiger partial charge in [0.1, 0.15) is 0 Å². The second-order valence-electron chi connectivity index (χ2n) is 5.81. The number of hydrogen-bond acceptors (Lipinski definition) is 6. The lowest BCUT2D eigenvalue weighted by Gasteiger charge is -2.29. The highest BCUT2D eigenvalue weighted by molar-refractivity contribution is 7.10. The number of carbonyl (C=O) groups is 1. The molecule has 1 fully saturated rings. The molecule has 6 nitrogen and oxygen atoms in total. The Labute approximate surface area is 149 Å². The van der Waals surface area contributed by atoms with Gasteiger partial charge in [-0.05, 0) is 23.4 Å². The zero-order valence-corrected chi connectivity index (χ0v) is 14.6. The highest BCUT2D eigenvalue weighted by Crippen LogP contribution is 2.26. The van der Waals surface area contributed by atoms with Gasteiger partial charge < -0.3 is 14.5 Å². The van der Waals surface area contributed by atoms with Gasteiger partial charge in [-0.2, -0.15) is 0 Å². The van der Waals surface area contributed by atoms with Gasteiger partial charge in [0.15, 0.2) is 5.69 Å². The van der Waals surface area contributed by atoms with E-state index in [4.69, 9.17) is 16.3 Å². The summed E-state index contributed by atoms with van der Waals surface area (Å²) in [6, 6.07) is 2.08. The molecule has 2 aromatic heterocycles. The van der Waals surface area contributed by atoms with Crippen LogP contribution in [0.15, 0.2) is 17.6 Å². The van der Waals surface area contributed by atoms with Crippen LogP contribution in [0.4, 0.5) is 5.95 Å². The molecule has 4 heterocycles. The van der Waals surface area contributed by atoms with Gasteiger partial charge in [0.05, 0.1) is 24.4 Å². The van der Waals surface area contributed by atoms with E-state index in [1.165, 1.54) is 16.6 Å². The molecule has 0 aromatic carbocycles. The number of anilines is 1. The fraction of sp³-hybridized carbons (Fsp3) is 0.438. The van der Waals surface area contributed by atoms with E-state index in [-0.39, 0.29) is 11.6 Å². The summed E-state index contributed by atoms with van der Waals surface area (Å²) in [5.41, 5.74) is 1.50. The minimum absolute atomic E-state index is 0.131. The van der Waals surface area contributed by atoms with Gasteiger partial charge in [0, 0.05) is 31.1 Å². The standard InChI is InChI=1S/C16H17ClN4O2S/c17-12-9-18-16(20-4-6-23-7-5-20)19-14(12)15(22)21-3-1-13-11(10-21)2-8-24-13/h2,8-9H,1,3-7,10H2. The molecule has 0 radical (unpaired) electrons. The van der Waals surface area contributed by atoms with Crippen LogP contribution in [0.25, 0.3) is 0 Å². The van der Waals surface area contributed by atoms with Crippen LogP contribution in [-0.4, -0.2) is 53.6 Å². The molecule has 0 aliphatic carbocycles. The molecule has 8 heteroatoms. The number of morpholine rings is 1. The van der Waals surface area contributed by atoms with E-state index < -0.39 is 0 Å². The summed E-state index contributed by atoms with van der Waals surface area (Å²) in [6.07, 6.45) is 2.41. The zero-order chi connectivity index (χ0) is 16.5. The molecule has 24 heavy (non-hydrogen) atoms. The molecular formula is C16H17ClN4O2S. The Balaban J connectivity index is 1.57. The highest BCUT2D eigenvalue weighted by atomic mass is 35.5. The number of aromatic nitrogens is 2. The maximum absolute atomic E-state index is 12.9. The van der Waals surface area contributed by atoms with Crippen LogP contribution in [-0.2, 0) is 17.7 Å². The van der Waals surface area contributed by atoms with Gasteiger partial charge >= 0.3 is 0 Å². The van der Waals surface area contributed by atoms with Gasteiger partial charge in [-0.15, -0.1) is 11.3 Å². The van der Waals surface area contributed by atoms with E-state index in [0.717, 1.165) is 19.5 Å². The van der Waals surface area contributed by atoms with E-state index in [0.29, 0.717) is 37.3 Å². The molecule has 0 bridgehead atoms. The molecule has 0 spiro atoms. The molecule has 0 saturated carbocycles. The highest BCUT2D eigenvalue weighted by Gasteiger charge is 2.26. The molecule has 2 aliphatic heterocycles. The number of thiophene rings is 1. The summed E-state index contributed by atoms with van der Waals surface area (Å²) in [5.74, 6) is 0.410. The van der Waals surface area contributed by atoms with Gasteiger partial charge in [0.25, 0.3) is 5.91 Å². The Hall–Kier alpha value is -1.70. The van der Waals surface area contributed by atoms with Crippen molar-refractivity contribution in [1.29, 1.82) is 0 Å². The first-order chi connectivity index (χ1) is 11.7. The van der Waals surface area contributed by atoms with Crippen LogP contribution in [0.3, 0.4) is 0 Å². The largest absolute Gasteiger partial charge is 0.378 e. The van der Waals surface area contributed by atoms with Crippen molar-refractivity contribution >= 4 is 34.8 Å². The van der Waals surface area contributed by atoms with E-state index in [2.05, 4.69) is 21.4 Å². The number of rotatable bonds is 2. The van der Waals surface area contributed by atoms with E-state index >= 15 is 0 Å². The minimum atomic E-state index is -0.131. The number of halogens is 1. The molecule has 0 unspecified atom stereocenters. The predicted molar refractivity (Wildman–Crippen MR) is 92.8 cm³/mol. The van der Waals surface area contributed by atoms with Gasteiger partial charge in [0.2, 0.25) is 5.95 Å². The van der Waals surface area contributed by atoms with Crippen molar-refractivity contribution < 1.29 is 9.53 Å². The average Bonchev–Trinajstić information content (AvgIpc) is 3.10. The zero-order valence-electron chi connectivity index (χ0n) is 13.1. The van der Waals surface area contributed by atoms with Crippen molar-refractivity contribution in [2.24, 2.45) is 0 Å². The van der Waals surface area contributed by atoms with Crippen LogP contribution in [0.5, 0.6) is 0 Å². The first-order valence-corrected chi connectivity index (χ1v) is 9.18. The minimum Gasteiger partial charge on any atom is -0.378 e. The van der Waals surface area contributed by atoms with E-state index in [1.54, 1.807) is 11.3 Å². The maximum atomic E-state index is 12.9. The fourth-order valence-corrected chi connectivity index (χ4v) is 4.06. The van der Waals surface area contributed by atoms with Gasteiger partial charge in [-0.25, -0.2) is 9.97 Å². The third-order valence-corrected chi connectivity index (χ3v) is 5.62. The summed E-state index contributed by atoms with van der Waals surface area (Å²) < 4.78 is 5.35. The number of ether oxygens (including phenoxy) is 1. The summed E-state index contributed by atoms with van der Waals surface area (Å²) in [7, 11) is 0. The number of hydrogen-bond donors (Lipinski definition) is 0. The summed E-state index contributed by atoms with van der Waals surface area (Å²) in [6.45, 7) is 4.03. The second-order valence-corrected chi connectivity index (χ2v) is 7.22. The maximum Gasteiger partial charge on any atom is 0.274 e. The molecule has 2 aliphatic rings. The van der Waals surface area contributed by atoms with Crippen molar-refractivity contribution in [1.82, 2.24) is 14.9 Å². The van der Waals surface area contributed by atoms with Crippen LogP contribution in [0.2, 0.25) is 5.02 Å². The number of carbonyl (C=O) groups excluding carboxylic acids is 1. The Kier molecular flexibility index (Phi) is 4.39. The molecule has 1 amide bonds. The van der Waals surface area contributed by atoms with E-state index in [1.807, 2.05) is 9.80 Å². The molecule has 2 aromatic rings. The van der Waals surface area contributed by atoms with Crippen molar-refractivity contribution in [3.63, 3.8) is 0 Å². The van der Waals surface area contributed by atoms with Crippen molar-refractivity contribution in [3.05, 3.63) is 38.8 Å². The van der Waals surface area contributed by atoms with Gasteiger partial charge in [-0.1, -0.05) is 11.6 Å². The second kappa shape index (κ2) is 6.66. The molecule has 0 atom stereocenters. The Morgan fingerprint density at radius 3 is 2.96 bits per heavy atom. The SMILES string of the molecule is O=C(c1nc(N2CCOCC2)ncc1Cl)N1CCc2sccc2C1. The van der Waals surface area contributed by atoms with E-state index in [9.17, 15) is 4.79 Å². The first-order valence-electron chi connectivity index (χ1n) is 7.92. The first kappa shape index (κ1) is 15.8. The van der Waals surface area contributed by atoms with Crippen molar-refractivity contribution in [3.8, 4) is 0 Å². The Bertz CT molecular complexity index is 760. The average molecular weight is 365 g/mol. The molecule has 0 N–H and O–H groups in total. The summed E-state index contributed by atoms with van der Waals surface area (Å²) in [5, 5.41) is 2.38. The Morgan fingerprint density at radius 2 is 2.12 bits per heavy atom. The number of fused-ring (bicyclic) bond motifs is 1. The lowest BCUT2D eigenvalue weighted by atomic mass is 10.1. The molecule has 126 valence electrons. The van der Waals surface area contributed by atoms with Gasteiger partial charge in [-0.3, -0.25) is 4.79 Å². The molecule has 4 rings (SSSR count). The van der Waals surface area contributed by atoms with Crippen LogP contribution < -0.4 is 4.90 Å². The summed E-state index contributed by atoms with van der Waals surface area (Å²) in [4.78, 5) is 26.8. The van der Waals surface area contributed by atoms with Crippen molar-refractivity contribution in [2.45, 2.75) is 13.0 Å². The number of amides is 1. The predicted octanol–water partition coefficient (Wildman–Crippen LogP) is 2.23. The lowest BCUT2D eigenvalue weighted by molar-refractivity contribution is 0.0730. The Morgan fingerprint density at radius 1 is 1.29 bits per heavy atom. The monoisotopic (exact) mass is 364 g/mol. The van der Waals surface area contributed by atoms with Crippen LogP contribution >= 0.6 is 22.9 Å². The lowest BCUT2D eigenvalue weighted by Crippen LogP contribution is -2.39. The topological polar surface area (TPSA) is 58.6 Å². The van der Waals surface area contributed by atoms with Crippen molar-refractivity contribution in [2.75, 3.05) is 37.7 Å². The molecule has 1 saturated heterocycles. The normalized spacial score (nSPS) is 17.7. The third kappa shape index (κ3) is 2.99. The fourth-order valence-electron chi connectivity index (χ4n) is 3.00.